The van der Waals surface area contributed by atoms with E-state index in [2.05, 4.69) is 0 Å². The van der Waals surface area contributed by atoms with Crippen LogP contribution in [0.15, 0.2) is 0 Å². The molecule has 0 aliphatic carbocycles. The molecule has 1 N–H and O–H groups in total. The first-order chi connectivity index (χ1) is 4.77. The molecule has 1 saturated heterocycles. The van der Waals surface area contributed by atoms with Crippen LogP contribution < -0.4 is 0 Å². The molecule has 2 nitrogen and oxygen atoms in total. The minimum Gasteiger partial charge on any atom is -0.395 e. The Kier molecular flexibility index (Phi) is 2.63. The lowest BCUT2D eigenvalue weighted by Crippen LogP contribution is -2.31. The largest absolute Gasteiger partial charge is 0.395 e. The van der Waals surface area contributed by atoms with Crippen molar-refractivity contribution in [3.63, 3.8) is 0 Å². The lowest BCUT2D eigenvalue weighted by atomic mass is 10.2. The number of aliphatic hydroxyl groups excluding tert-OH is 1. The lowest BCUT2D eigenvalue weighted by molar-refractivity contribution is 0.164. The van der Waals surface area contributed by atoms with E-state index in [1.165, 1.54) is 0 Å². The number of rotatable bonds is 2. The van der Waals surface area contributed by atoms with Crippen molar-refractivity contribution >= 4 is 0 Å². The Balaban J connectivity index is 2.41. The Hall–Kier alpha value is -0.150. The fourth-order valence-corrected chi connectivity index (χ4v) is 1.50. The zero-order valence-electron chi connectivity index (χ0n) is 6.26. The monoisotopic (exact) mass is 147 g/mol. The molecule has 3 heteroatoms. The second kappa shape index (κ2) is 3.30. The summed E-state index contributed by atoms with van der Waals surface area (Å²) >= 11 is 0. The van der Waals surface area contributed by atoms with Crippen molar-refractivity contribution < 1.29 is 9.50 Å². The van der Waals surface area contributed by atoms with Gasteiger partial charge >= 0.3 is 0 Å². The molecule has 1 fully saturated rings. The Morgan fingerprint density at radius 3 is 2.80 bits per heavy atom. The summed E-state index contributed by atoms with van der Waals surface area (Å²) in [6, 6.07) is 0.0694. The summed E-state index contributed by atoms with van der Waals surface area (Å²) < 4.78 is 12.6. The second-order valence-electron chi connectivity index (χ2n) is 2.76. The van der Waals surface area contributed by atoms with Crippen LogP contribution in [0.3, 0.4) is 0 Å². The van der Waals surface area contributed by atoms with E-state index in [-0.39, 0.29) is 12.6 Å². The first kappa shape index (κ1) is 7.95. The van der Waals surface area contributed by atoms with Crippen molar-refractivity contribution in [2.45, 2.75) is 25.6 Å². The summed E-state index contributed by atoms with van der Waals surface area (Å²) in [6.07, 6.45) is -0.221. The lowest BCUT2D eigenvalue weighted by Gasteiger charge is -2.19. The molecule has 2 atom stereocenters. The van der Waals surface area contributed by atoms with Crippen molar-refractivity contribution in [1.82, 2.24) is 4.90 Å². The topological polar surface area (TPSA) is 23.5 Å². The van der Waals surface area contributed by atoms with Gasteiger partial charge in [-0.25, -0.2) is 4.39 Å². The molecule has 1 heterocycles. The predicted molar refractivity (Wildman–Crippen MR) is 37.6 cm³/mol. The normalized spacial score (nSPS) is 35.1. The number of likely N-dealkylation sites (tertiary alicyclic amines) is 1. The van der Waals surface area contributed by atoms with Crippen LogP contribution in [0.1, 0.15) is 13.3 Å². The number of alkyl halides is 1. The van der Waals surface area contributed by atoms with Crippen LogP contribution in [-0.2, 0) is 0 Å². The molecule has 0 saturated carbocycles. The number of aliphatic hydroxyl groups is 1. The molecule has 0 aromatic heterocycles. The molecular weight excluding hydrogens is 133 g/mol. The third-order valence-corrected chi connectivity index (χ3v) is 2.09. The predicted octanol–water partition coefficient (Wildman–Crippen LogP) is 0.411. The van der Waals surface area contributed by atoms with Gasteiger partial charge in [0.1, 0.15) is 6.17 Å². The van der Waals surface area contributed by atoms with E-state index in [4.69, 9.17) is 5.11 Å². The average Bonchev–Trinajstić information content (AvgIpc) is 2.30. The molecule has 10 heavy (non-hydrogen) atoms. The zero-order chi connectivity index (χ0) is 7.56. The van der Waals surface area contributed by atoms with E-state index in [0.29, 0.717) is 13.0 Å². The van der Waals surface area contributed by atoms with E-state index in [9.17, 15) is 4.39 Å². The van der Waals surface area contributed by atoms with Gasteiger partial charge < -0.3 is 5.11 Å². The van der Waals surface area contributed by atoms with Gasteiger partial charge in [-0.2, -0.15) is 0 Å². The van der Waals surface area contributed by atoms with Crippen LogP contribution in [0, 0.1) is 0 Å². The van der Waals surface area contributed by atoms with Crippen LogP contribution in [0.2, 0.25) is 0 Å². The molecule has 0 bridgehead atoms. The third kappa shape index (κ3) is 1.47. The van der Waals surface area contributed by atoms with Crippen molar-refractivity contribution in [2.24, 2.45) is 0 Å². The molecule has 1 rings (SSSR count). The highest BCUT2D eigenvalue weighted by atomic mass is 19.1. The van der Waals surface area contributed by atoms with Crippen molar-refractivity contribution in [2.75, 3.05) is 19.7 Å². The van der Waals surface area contributed by atoms with Gasteiger partial charge in [0.15, 0.2) is 0 Å². The minimum absolute atomic E-state index is 0.0694. The van der Waals surface area contributed by atoms with E-state index in [1.807, 2.05) is 11.8 Å². The van der Waals surface area contributed by atoms with E-state index in [1.54, 1.807) is 0 Å². The van der Waals surface area contributed by atoms with Crippen molar-refractivity contribution in [1.29, 1.82) is 0 Å². The molecule has 0 radical (unpaired) electrons. The van der Waals surface area contributed by atoms with Gasteiger partial charge in [0, 0.05) is 12.6 Å². The van der Waals surface area contributed by atoms with Gasteiger partial charge in [-0.15, -0.1) is 0 Å². The average molecular weight is 147 g/mol. The maximum absolute atomic E-state index is 12.6. The van der Waals surface area contributed by atoms with Crippen molar-refractivity contribution in [3.05, 3.63) is 0 Å². The molecular formula is C7H14FNO. The first-order valence-electron chi connectivity index (χ1n) is 3.77. The highest BCUT2D eigenvalue weighted by Crippen LogP contribution is 2.18. The number of nitrogens with zero attached hydrogens (tertiary/aromatic N) is 1. The van der Waals surface area contributed by atoms with Crippen molar-refractivity contribution in [3.8, 4) is 0 Å². The van der Waals surface area contributed by atoms with Gasteiger partial charge in [0.25, 0.3) is 0 Å². The minimum atomic E-state index is -0.725. The van der Waals surface area contributed by atoms with E-state index < -0.39 is 6.17 Å². The fourth-order valence-electron chi connectivity index (χ4n) is 1.50. The zero-order valence-corrected chi connectivity index (χ0v) is 6.26. The van der Waals surface area contributed by atoms with Crippen LogP contribution >= 0.6 is 0 Å². The number of hydrogen-bond acceptors (Lipinski definition) is 2. The van der Waals surface area contributed by atoms with Gasteiger partial charge in [-0.05, 0) is 13.0 Å². The summed E-state index contributed by atoms with van der Waals surface area (Å²) in [5.74, 6) is 0. The highest BCUT2D eigenvalue weighted by molar-refractivity contribution is 4.83. The number of hydrogen-bond donors (Lipinski definition) is 1. The SMILES string of the molecule is CCN1CC(F)CC1CO. The number of likely N-dealkylation sites (N-methyl/N-ethyl adjacent to an activating group) is 1. The Morgan fingerprint density at radius 2 is 2.40 bits per heavy atom. The summed E-state index contributed by atoms with van der Waals surface area (Å²) in [5.41, 5.74) is 0. The van der Waals surface area contributed by atoms with Crippen LogP contribution in [0.25, 0.3) is 0 Å². The van der Waals surface area contributed by atoms with Gasteiger partial charge in [-0.3, -0.25) is 4.90 Å². The summed E-state index contributed by atoms with van der Waals surface area (Å²) in [7, 11) is 0. The molecule has 2 unspecified atom stereocenters. The fraction of sp³-hybridized carbons (Fsp3) is 1.00. The first-order valence-corrected chi connectivity index (χ1v) is 3.77. The number of halogens is 1. The van der Waals surface area contributed by atoms with E-state index >= 15 is 0 Å². The maximum atomic E-state index is 12.6. The highest BCUT2D eigenvalue weighted by Gasteiger charge is 2.29. The third-order valence-electron chi connectivity index (χ3n) is 2.09. The Morgan fingerprint density at radius 1 is 1.70 bits per heavy atom. The molecule has 1 aliphatic heterocycles. The molecule has 1 aliphatic rings. The Bertz CT molecular complexity index is 97.8. The van der Waals surface area contributed by atoms with Gasteiger partial charge in [0.05, 0.1) is 6.61 Å². The standard InChI is InChI=1S/C7H14FNO/c1-2-9-4-6(8)3-7(9)5-10/h6-7,10H,2-5H2,1H3. The molecule has 0 aromatic rings. The van der Waals surface area contributed by atoms with Crippen LogP contribution in [0.4, 0.5) is 4.39 Å². The summed E-state index contributed by atoms with van der Waals surface area (Å²) in [5, 5.41) is 8.78. The van der Waals surface area contributed by atoms with E-state index in [0.717, 1.165) is 6.54 Å². The maximum Gasteiger partial charge on any atom is 0.114 e. The van der Waals surface area contributed by atoms with Gasteiger partial charge in [-0.1, -0.05) is 6.92 Å². The van der Waals surface area contributed by atoms with Crippen LogP contribution in [0.5, 0.6) is 0 Å². The quantitative estimate of drug-likeness (QED) is 0.611. The molecule has 0 amide bonds. The molecule has 0 aromatic carbocycles. The Labute approximate surface area is 60.6 Å². The molecule has 0 spiro atoms. The van der Waals surface area contributed by atoms with Gasteiger partial charge in [0.2, 0.25) is 0 Å². The smallest absolute Gasteiger partial charge is 0.114 e. The second-order valence-corrected chi connectivity index (χ2v) is 2.76. The molecule has 60 valence electrons. The van der Waals surface area contributed by atoms with Crippen LogP contribution in [-0.4, -0.2) is 41.9 Å². The summed E-state index contributed by atoms with van der Waals surface area (Å²) in [4.78, 5) is 1.98. The summed E-state index contributed by atoms with van der Waals surface area (Å²) in [6.45, 7) is 3.42.